The second kappa shape index (κ2) is 7.47. The predicted octanol–water partition coefficient (Wildman–Crippen LogP) is 3.11. The van der Waals surface area contributed by atoms with Crippen LogP contribution in [0.3, 0.4) is 0 Å². The van der Waals surface area contributed by atoms with Crippen molar-refractivity contribution in [3.63, 3.8) is 0 Å². The minimum atomic E-state index is -0.501. The number of amides is 1. The fraction of sp³-hybridized carbons (Fsp3) is 0.350. The topological polar surface area (TPSA) is 68.3 Å². The molecule has 5 nitrogen and oxygen atoms in total. The average molecular weight is 338 g/mol. The van der Waals surface area contributed by atoms with Gasteiger partial charge in [-0.2, -0.15) is 0 Å². The summed E-state index contributed by atoms with van der Waals surface area (Å²) in [5.74, 6) is -0.723. The van der Waals surface area contributed by atoms with Crippen LogP contribution in [0.15, 0.2) is 48.8 Å². The number of nitrogens with zero attached hydrogens (tertiary/aromatic N) is 1. The van der Waals surface area contributed by atoms with Crippen molar-refractivity contribution in [2.24, 2.45) is 0 Å². The van der Waals surface area contributed by atoms with E-state index in [2.05, 4.69) is 27.2 Å². The molecule has 1 N–H and O–H groups in total. The number of pyridine rings is 1. The second-order valence-electron chi connectivity index (χ2n) is 6.49. The third kappa shape index (κ3) is 3.71. The van der Waals surface area contributed by atoms with E-state index in [1.54, 1.807) is 0 Å². The second-order valence-corrected chi connectivity index (χ2v) is 6.49. The van der Waals surface area contributed by atoms with Gasteiger partial charge < -0.3 is 10.1 Å². The number of methoxy groups -OCH3 is 1. The molecule has 25 heavy (non-hydrogen) atoms. The van der Waals surface area contributed by atoms with Crippen molar-refractivity contribution in [2.45, 2.75) is 31.1 Å². The van der Waals surface area contributed by atoms with Crippen molar-refractivity contribution in [2.75, 3.05) is 13.7 Å². The Bertz CT molecular complexity index is 753. The molecule has 3 rings (SSSR count). The molecule has 1 aliphatic rings. The largest absolute Gasteiger partial charge is 0.465 e. The van der Waals surface area contributed by atoms with Crippen LogP contribution in [0.4, 0.5) is 0 Å². The Kier molecular flexibility index (Phi) is 5.12. The van der Waals surface area contributed by atoms with Gasteiger partial charge >= 0.3 is 5.97 Å². The maximum absolute atomic E-state index is 12.5. The van der Waals surface area contributed by atoms with Gasteiger partial charge in [-0.15, -0.1) is 0 Å². The van der Waals surface area contributed by atoms with Crippen molar-refractivity contribution < 1.29 is 14.3 Å². The molecule has 0 radical (unpaired) electrons. The van der Waals surface area contributed by atoms with Crippen molar-refractivity contribution in [1.29, 1.82) is 0 Å². The monoisotopic (exact) mass is 338 g/mol. The van der Waals surface area contributed by atoms with Gasteiger partial charge in [-0.3, -0.25) is 9.78 Å². The molecule has 0 spiro atoms. The summed E-state index contributed by atoms with van der Waals surface area (Å²) in [7, 11) is 1.30. The quantitative estimate of drug-likeness (QED) is 0.851. The zero-order chi connectivity index (χ0) is 17.7. The minimum absolute atomic E-state index is 0.00962. The summed E-state index contributed by atoms with van der Waals surface area (Å²) in [6, 6.07) is 11.9. The lowest BCUT2D eigenvalue weighted by Gasteiger charge is -2.30. The molecule has 1 aromatic heterocycles. The van der Waals surface area contributed by atoms with E-state index < -0.39 is 5.97 Å². The first kappa shape index (κ1) is 17.1. The molecule has 1 aliphatic carbocycles. The van der Waals surface area contributed by atoms with Crippen LogP contribution >= 0.6 is 0 Å². The molecular formula is C20H22N2O3. The molecule has 2 aromatic rings. The number of ether oxygens (including phenoxy) is 1. The van der Waals surface area contributed by atoms with Gasteiger partial charge in [-0.1, -0.05) is 43.2 Å². The van der Waals surface area contributed by atoms with Gasteiger partial charge in [-0.05, 0) is 24.5 Å². The lowest BCUT2D eigenvalue weighted by molar-refractivity contribution is 0.0600. The molecule has 1 saturated carbocycles. The number of benzene rings is 1. The molecule has 1 aromatic carbocycles. The first-order valence-electron chi connectivity index (χ1n) is 8.52. The zero-order valence-electron chi connectivity index (χ0n) is 14.3. The maximum atomic E-state index is 12.5. The number of esters is 1. The Balaban J connectivity index is 1.74. The summed E-state index contributed by atoms with van der Waals surface area (Å²) in [4.78, 5) is 28.1. The lowest BCUT2D eigenvalue weighted by atomic mass is 9.79. The normalized spacial score (nSPS) is 15.6. The number of hydrogen-bond acceptors (Lipinski definition) is 4. The van der Waals surface area contributed by atoms with Gasteiger partial charge in [0.25, 0.3) is 5.91 Å². The number of carbonyl (C=O) groups is 2. The third-order valence-corrected chi connectivity index (χ3v) is 4.96. The lowest BCUT2D eigenvalue weighted by Crippen LogP contribution is -2.39. The fourth-order valence-corrected chi connectivity index (χ4v) is 3.56. The van der Waals surface area contributed by atoms with Gasteiger partial charge in [-0.25, -0.2) is 4.79 Å². The Morgan fingerprint density at radius 2 is 1.80 bits per heavy atom. The van der Waals surface area contributed by atoms with Crippen LogP contribution < -0.4 is 5.32 Å². The van der Waals surface area contributed by atoms with Crippen LogP contribution in [0.5, 0.6) is 0 Å². The van der Waals surface area contributed by atoms with Gasteiger partial charge in [0.05, 0.1) is 18.2 Å². The van der Waals surface area contributed by atoms with Crippen LogP contribution in [0.1, 0.15) is 52.0 Å². The molecule has 1 heterocycles. The molecule has 0 aliphatic heterocycles. The summed E-state index contributed by atoms with van der Waals surface area (Å²) in [6.07, 6.45) is 7.33. The number of rotatable bonds is 5. The molecule has 0 bridgehead atoms. The highest BCUT2D eigenvalue weighted by Crippen LogP contribution is 2.40. The molecule has 0 atom stereocenters. The summed E-state index contributed by atoms with van der Waals surface area (Å²) in [5.41, 5.74) is 1.90. The van der Waals surface area contributed by atoms with Gasteiger partial charge in [0.15, 0.2) is 0 Å². The number of hydrogen-bond donors (Lipinski definition) is 1. The highest BCUT2D eigenvalue weighted by Gasteiger charge is 2.35. The summed E-state index contributed by atoms with van der Waals surface area (Å²) in [6.45, 7) is 0.582. The highest BCUT2D eigenvalue weighted by atomic mass is 16.5. The standard InChI is InChI=1S/C20H22N2O3/c1-25-19(24)16-11-15(12-21-13-16)18(23)22-14-20(9-5-6-10-20)17-7-3-2-4-8-17/h2-4,7-8,11-13H,5-6,9-10,14H2,1H3,(H,22,23). The van der Waals surface area contributed by atoms with Crippen molar-refractivity contribution in [1.82, 2.24) is 10.3 Å². The average Bonchev–Trinajstić information content (AvgIpc) is 3.16. The summed E-state index contributed by atoms with van der Waals surface area (Å²) >= 11 is 0. The van der Waals surface area contributed by atoms with Crippen molar-refractivity contribution in [3.8, 4) is 0 Å². The maximum Gasteiger partial charge on any atom is 0.339 e. The Morgan fingerprint density at radius 3 is 2.48 bits per heavy atom. The van der Waals surface area contributed by atoms with Crippen LogP contribution in [0.25, 0.3) is 0 Å². The summed E-state index contributed by atoms with van der Waals surface area (Å²) in [5, 5.41) is 3.03. The van der Waals surface area contributed by atoms with Crippen molar-refractivity contribution >= 4 is 11.9 Å². The molecule has 1 amide bonds. The van der Waals surface area contributed by atoms with Gasteiger partial charge in [0.1, 0.15) is 0 Å². The first-order chi connectivity index (χ1) is 12.1. The van der Waals surface area contributed by atoms with Crippen LogP contribution in [0, 0.1) is 0 Å². The van der Waals surface area contributed by atoms with E-state index in [1.807, 2.05) is 18.2 Å². The van der Waals surface area contributed by atoms with Gasteiger partial charge in [0, 0.05) is 24.4 Å². The molecule has 1 fully saturated rings. The van der Waals surface area contributed by atoms with E-state index in [4.69, 9.17) is 0 Å². The van der Waals surface area contributed by atoms with E-state index in [-0.39, 0.29) is 16.9 Å². The van der Waals surface area contributed by atoms with Crippen molar-refractivity contribution in [3.05, 3.63) is 65.5 Å². The highest BCUT2D eigenvalue weighted by molar-refractivity contribution is 5.97. The number of nitrogens with one attached hydrogen (secondary N) is 1. The van der Waals surface area contributed by atoms with E-state index in [9.17, 15) is 9.59 Å². The fourth-order valence-electron chi connectivity index (χ4n) is 3.56. The van der Waals surface area contributed by atoms with Crippen LogP contribution in [-0.2, 0) is 10.2 Å². The Hall–Kier alpha value is -2.69. The van der Waals surface area contributed by atoms with E-state index >= 15 is 0 Å². The molecule has 0 saturated heterocycles. The molecule has 0 unspecified atom stereocenters. The first-order valence-corrected chi connectivity index (χ1v) is 8.52. The minimum Gasteiger partial charge on any atom is -0.465 e. The SMILES string of the molecule is COC(=O)c1cncc(C(=O)NCC2(c3ccccc3)CCCC2)c1. The third-order valence-electron chi connectivity index (χ3n) is 4.96. The Labute approximate surface area is 147 Å². The predicted molar refractivity (Wildman–Crippen MR) is 94.5 cm³/mol. The Morgan fingerprint density at radius 1 is 1.12 bits per heavy atom. The van der Waals surface area contributed by atoms with E-state index in [1.165, 1.54) is 44.0 Å². The van der Waals surface area contributed by atoms with E-state index in [0.717, 1.165) is 12.8 Å². The van der Waals surface area contributed by atoms with Crippen LogP contribution in [-0.4, -0.2) is 30.5 Å². The van der Waals surface area contributed by atoms with Crippen LogP contribution in [0.2, 0.25) is 0 Å². The zero-order valence-corrected chi connectivity index (χ0v) is 14.3. The summed E-state index contributed by atoms with van der Waals surface area (Å²) < 4.78 is 4.68. The number of aromatic nitrogens is 1. The van der Waals surface area contributed by atoms with E-state index in [0.29, 0.717) is 12.1 Å². The van der Waals surface area contributed by atoms with Gasteiger partial charge in [0.2, 0.25) is 0 Å². The molecular weight excluding hydrogens is 316 g/mol. The molecule has 130 valence electrons. The number of carbonyl (C=O) groups excluding carboxylic acids is 2. The molecule has 5 heteroatoms. The smallest absolute Gasteiger partial charge is 0.339 e.